The Morgan fingerprint density at radius 3 is 2.27 bits per heavy atom. The first kappa shape index (κ1) is 8.65. The molecule has 1 aromatic rings. The number of carbonyl (C=O) groups excluding carboxylic acids is 1. The molecule has 0 aromatic heterocycles. The lowest BCUT2D eigenvalue weighted by Gasteiger charge is -1.96. The maximum Gasteiger partial charge on any atom is 0.240 e. The highest BCUT2D eigenvalue weighted by molar-refractivity contribution is 9.11. The topological polar surface area (TPSA) is 29.4 Å². The summed E-state index contributed by atoms with van der Waals surface area (Å²) in [4.78, 5) is 13.5. The number of halogens is 2. The number of hydrogen-bond donors (Lipinski definition) is 0. The summed E-state index contributed by atoms with van der Waals surface area (Å²) in [5.74, 6) is 0. The van der Waals surface area contributed by atoms with E-state index >= 15 is 0 Å². The van der Waals surface area contributed by atoms with Gasteiger partial charge in [-0.3, -0.25) is 0 Å². The normalized spacial score (nSPS) is 8.91. The molecule has 56 valence electrons. The second-order valence-electron chi connectivity index (χ2n) is 1.77. The lowest BCUT2D eigenvalue weighted by molar-refractivity contribution is 0.565. The van der Waals surface area contributed by atoms with Gasteiger partial charge in [0.1, 0.15) is 5.69 Å². The highest BCUT2D eigenvalue weighted by Gasteiger charge is 2.00. The second kappa shape index (κ2) is 3.81. The molecule has 0 amide bonds. The van der Waals surface area contributed by atoms with Gasteiger partial charge in [-0.2, -0.15) is 4.99 Å². The van der Waals surface area contributed by atoms with Gasteiger partial charge in [0.05, 0.1) is 0 Å². The van der Waals surface area contributed by atoms with Crippen LogP contribution in [0.1, 0.15) is 0 Å². The molecule has 0 bridgehead atoms. The summed E-state index contributed by atoms with van der Waals surface area (Å²) in [6, 6.07) is 5.46. The Balaban J connectivity index is 3.31. The lowest BCUT2D eigenvalue weighted by atomic mass is 10.3. The molecular formula is C7H3Br2NO. The summed E-state index contributed by atoms with van der Waals surface area (Å²) >= 11 is 6.49. The van der Waals surface area contributed by atoms with E-state index in [2.05, 4.69) is 36.9 Å². The van der Waals surface area contributed by atoms with Crippen LogP contribution in [0.3, 0.4) is 0 Å². The summed E-state index contributed by atoms with van der Waals surface area (Å²) in [7, 11) is 0. The predicted molar refractivity (Wildman–Crippen MR) is 49.6 cm³/mol. The number of hydrogen-bond acceptors (Lipinski definition) is 2. The fourth-order valence-electron chi connectivity index (χ4n) is 0.641. The van der Waals surface area contributed by atoms with Crippen molar-refractivity contribution in [3.8, 4) is 0 Å². The minimum absolute atomic E-state index is 0.572. The summed E-state index contributed by atoms with van der Waals surface area (Å²) in [5.41, 5.74) is 0.572. The Labute approximate surface area is 80.6 Å². The fraction of sp³-hybridized carbons (Fsp3) is 0. The maximum atomic E-state index is 9.95. The first-order valence-corrected chi connectivity index (χ1v) is 4.36. The minimum Gasteiger partial charge on any atom is -0.211 e. The Kier molecular flexibility index (Phi) is 3.00. The second-order valence-corrected chi connectivity index (χ2v) is 3.48. The van der Waals surface area contributed by atoms with Gasteiger partial charge >= 0.3 is 0 Å². The first-order valence-electron chi connectivity index (χ1n) is 2.77. The Morgan fingerprint density at radius 2 is 1.82 bits per heavy atom. The van der Waals surface area contributed by atoms with Crippen molar-refractivity contribution in [3.05, 3.63) is 27.1 Å². The molecule has 0 spiro atoms. The number of aliphatic imine (C=N–C) groups is 1. The number of nitrogens with zero attached hydrogens (tertiary/aromatic N) is 1. The molecule has 11 heavy (non-hydrogen) atoms. The third-order valence-corrected chi connectivity index (χ3v) is 2.37. The van der Waals surface area contributed by atoms with Crippen molar-refractivity contribution in [1.29, 1.82) is 0 Å². The van der Waals surface area contributed by atoms with E-state index in [1.54, 1.807) is 12.1 Å². The molecule has 0 saturated carbocycles. The van der Waals surface area contributed by atoms with E-state index in [9.17, 15) is 4.79 Å². The summed E-state index contributed by atoms with van der Waals surface area (Å²) in [6.45, 7) is 0. The van der Waals surface area contributed by atoms with Crippen molar-refractivity contribution >= 4 is 43.6 Å². The molecular weight excluding hydrogens is 274 g/mol. The largest absolute Gasteiger partial charge is 0.240 e. The highest BCUT2D eigenvalue weighted by Crippen LogP contribution is 2.32. The quantitative estimate of drug-likeness (QED) is 0.572. The van der Waals surface area contributed by atoms with Crippen molar-refractivity contribution in [1.82, 2.24) is 0 Å². The van der Waals surface area contributed by atoms with Crippen LogP contribution in [0.25, 0.3) is 0 Å². The Hall–Kier alpha value is -0.440. The number of isocyanates is 1. The van der Waals surface area contributed by atoms with Crippen LogP contribution in [-0.4, -0.2) is 6.08 Å². The summed E-state index contributed by atoms with van der Waals surface area (Å²) in [6.07, 6.45) is 1.48. The van der Waals surface area contributed by atoms with Crippen molar-refractivity contribution in [2.24, 2.45) is 4.99 Å². The zero-order valence-electron chi connectivity index (χ0n) is 5.34. The molecule has 0 unspecified atom stereocenters. The third kappa shape index (κ3) is 1.99. The van der Waals surface area contributed by atoms with Gasteiger partial charge in [-0.25, -0.2) is 4.79 Å². The lowest BCUT2D eigenvalue weighted by Crippen LogP contribution is -1.70. The first-order chi connectivity index (χ1) is 5.25. The van der Waals surface area contributed by atoms with E-state index in [1.165, 1.54) is 6.08 Å². The summed E-state index contributed by atoms with van der Waals surface area (Å²) in [5, 5.41) is 0. The number of rotatable bonds is 1. The standard InChI is InChI=1S/C7H3Br2NO/c8-5-2-1-3-6(9)7(5)10-4-11/h1-3H. The SMILES string of the molecule is O=C=Nc1c(Br)cccc1Br. The van der Waals surface area contributed by atoms with Crippen molar-refractivity contribution in [3.63, 3.8) is 0 Å². The van der Waals surface area contributed by atoms with Gasteiger partial charge in [-0.15, -0.1) is 0 Å². The van der Waals surface area contributed by atoms with E-state index in [0.29, 0.717) is 5.69 Å². The molecule has 0 radical (unpaired) electrons. The van der Waals surface area contributed by atoms with Crippen molar-refractivity contribution in [2.75, 3.05) is 0 Å². The number of benzene rings is 1. The highest BCUT2D eigenvalue weighted by atomic mass is 79.9. The average Bonchev–Trinajstić information content (AvgIpc) is 1.97. The van der Waals surface area contributed by atoms with Gasteiger partial charge in [0.2, 0.25) is 6.08 Å². The third-order valence-electron chi connectivity index (χ3n) is 1.09. The van der Waals surface area contributed by atoms with E-state index < -0.39 is 0 Å². The molecule has 1 aromatic carbocycles. The van der Waals surface area contributed by atoms with E-state index in [1.807, 2.05) is 6.07 Å². The molecule has 0 fully saturated rings. The van der Waals surface area contributed by atoms with Gasteiger partial charge in [-0.1, -0.05) is 6.07 Å². The zero-order chi connectivity index (χ0) is 8.27. The molecule has 1 rings (SSSR count). The average molecular weight is 277 g/mol. The summed E-state index contributed by atoms with van der Waals surface area (Å²) < 4.78 is 1.55. The zero-order valence-corrected chi connectivity index (χ0v) is 8.52. The van der Waals surface area contributed by atoms with Gasteiger partial charge in [0.15, 0.2) is 0 Å². The molecule has 0 saturated heterocycles. The molecule has 0 aliphatic carbocycles. The van der Waals surface area contributed by atoms with Crippen LogP contribution in [0, 0.1) is 0 Å². The number of para-hydroxylation sites is 1. The smallest absolute Gasteiger partial charge is 0.211 e. The van der Waals surface area contributed by atoms with Crippen LogP contribution in [0.5, 0.6) is 0 Å². The maximum absolute atomic E-state index is 9.95. The molecule has 4 heteroatoms. The monoisotopic (exact) mass is 275 g/mol. The van der Waals surface area contributed by atoms with Crippen LogP contribution in [0.4, 0.5) is 5.69 Å². The Bertz CT molecular complexity index is 298. The van der Waals surface area contributed by atoms with Gasteiger partial charge in [0.25, 0.3) is 0 Å². The molecule has 0 heterocycles. The Morgan fingerprint density at radius 1 is 1.27 bits per heavy atom. The van der Waals surface area contributed by atoms with Gasteiger partial charge in [-0.05, 0) is 44.0 Å². The molecule has 2 nitrogen and oxygen atoms in total. The van der Waals surface area contributed by atoms with Crippen molar-refractivity contribution < 1.29 is 4.79 Å². The van der Waals surface area contributed by atoms with E-state index in [0.717, 1.165) is 8.95 Å². The molecule has 0 aliphatic rings. The molecule has 0 atom stereocenters. The molecule has 0 N–H and O–H groups in total. The van der Waals surface area contributed by atoms with Gasteiger partial charge in [0, 0.05) is 8.95 Å². The van der Waals surface area contributed by atoms with Crippen LogP contribution in [0.15, 0.2) is 32.1 Å². The van der Waals surface area contributed by atoms with Crippen LogP contribution >= 0.6 is 31.9 Å². The van der Waals surface area contributed by atoms with Crippen molar-refractivity contribution in [2.45, 2.75) is 0 Å². The van der Waals surface area contributed by atoms with E-state index in [-0.39, 0.29) is 0 Å². The van der Waals surface area contributed by atoms with Crippen LogP contribution < -0.4 is 0 Å². The van der Waals surface area contributed by atoms with Crippen LogP contribution in [0.2, 0.25) is 0 Å². The van der Waals surface area contributed by atoms with E-state index in [4.69, 9.17) is 0 Å². The van der Waals surface area contributed by atoms with Crippen LogP contribution in [-0.2, 0) is 4.79 Å². The molecule has 0 aliphatic heterocycles. The van der Waals surface area contributed by atoms with Gasteiger partial charge < -0.3 is 0 Å². The minimum atomic E-state index is 0.572. The fourth-order valence-corrected chi connectivity index (χ4v) is 1.82. The predicted octanol–water partition coefficient (Wildman–Crippen LogP) is 3.18.